The summed E-state index contributed by atoms with van der Waals surface area (Å²) in [5.41, 5.74) is 7.04. The van der Waals surface area contributed by atoms with Gasteiger partial charge in [0.2, 0.25) is 0 Å². The molecule has 0 spiro atoms. The highest BCUT2D eigenvalue weighted by atomic mass is 127. The number of anilines is 1. The summed E-state index contributed by atoms with van der Waals surface area (Å²) in [4.78, 5) is 15.1. The molecule has 0 bridgehead atoms. The van der Waals surface area contributed by atoms with E-state index in [0.29, 0.717) is 11.5 Å². The molecule has 1 aromatic heterocycles. The summed E-state index contributed by atoms with van der Waals surface area (Å²) < 4.78 is 7.63. The maximum atomic E-state index is 12.5. The van der Waals surface area contributed by atoms with Crippen LogP contribution in [0.2, 0.25) is 0 Å². The number of rotatable bonds is 5. The second-order valence-corrected chi connectivity index (χ2v) is 11.1. The van der Waals surface area contributed by atoms with Gasteiger partial charge >= 0.3 is 5.91 Å². The number of amides is 1. The molecule has 2 aromatic carbocycles. The van der Waals surface area contributed by atoms with Crippen LogP contribution in [0.25, 0.3) is 11.0 Å². The van der Waals surface area contributed by atoms with Gasteiger partial charge in [-0.2, -0.15) is 5.10 Å². The van der Waals surface area contributed by atoms with Crippen molar-refractivity contribution in [2.24, 2.45) is 5.10 Å². The third kappa shape index (κ3) is 4.59. The van der Waals surface area contributed by atoms with Crippen molar-refractivity contribution >= 4 is 67.3 Å². The molecular weight excluding hydrogens is 581 g/mol. The van der Waals surface area contributed by atoms with Crippen LogP contribution in [-0.4, -0.2) is 24.2 Å². The van der Waals surface area contributed by atoms with Gasteiger partial charge in [-0.1, -0.05) is 35.8 Å². The highest BCUT2D eigenvalue weighted by Gasteiger charge is 2.35. The zero-order valence-corrected chi connectivity index (χ0v) is 22.5. The van der Waals surface area contributed by atoms with Crippen molar-refractivity contribution in [1.29, 1.82) is 0 Å². The summed E-state index contributed by atoms with van der Waals surface area (Å²) in [6.07, 6.45) is 3.92. The lowest BCUT2D eigenvalue weighted by Gasteiger charge is -2.47. The Morgan fingerprint density at radius 3 is 2.88 bits per heavy atom. The number of carbonyl (C=O) groups excluding carboxylic acids is 1. The zero-order valence-electron chi connectivity index (χ0n) is 18.7. The predicted octanol–water partition coefficient (Wildman–Crippen LogP) is 7.07. The normalized spacial score (nSPS) is 17.7. The minimum absolute atomic E-state index is 0.145. The first-order valence-corrected chi connectivity index (χ1v) is 12.7. The van der Waals surface area contributed by atoms with Gasteiger partial charge in [-0.15, -0.1) is 0 Å². The van der Waals surface area contributed by atoms with Crippen LogP contribution in [0, 0.1) is 3.57 Å². The number of furan rings is 1. The van der Waals surface area contributed by atoms with E-state index >= 15 is 0 Å². The molecule has 2 heterocycles. The number of halogens is 2. The number of hydrazone groups is 1. The number of carbonyl (C=O) groups is 1. The third-order valence-corrected chi connectivity index (χ3v) is 7.26. The quantitative estimate of drug-likeness (QED) is 0.192. The lowest BCUT2D eigenvalue weighted by Crippen LogP contribution is -2.48. The number of fused-ring (bicyclic) bond motifs is 2. The van der Waals surface area contributed by atoms with Gasteiger partial charge in [-0.05, 0) is 96.7 Å². The van der Waals surface area contributed by atoms with E-state index in [9.17, 15) is 4.79 Å². The molecule has 1 aliphatic heterocycles. The molecule has 0 radical (unpaired) electrons. The van der Waals surface area contributed by atoms with Crippen molar-refractivity contribution in [2.45, 2.75) is 52.0 Å². The molecule has 0 saturated carbocycles. The molecule has 1 atom stereocenters. The zero-order chi connectivity index (χ0) is 23.0. The minimum Gasteiger partial charge on any atom is -0.450 e. The second-order valence-electron chi connectivity index (χ2n) is 9.00. The van der Waals surface area contributed by atoms with E-state index in [1.165, 1.54) is 11.3 Å². The summed E-state index contributed by atoms with van der Waals surface area (Å²) in [6, 6.07) is 12.0. The molecule has 0 fully saturated rings. The van der Waals surface area contributed by atoms with Crippen LogP contribution in [0.1, 0.15) is 68.1 Å². The first kappa shape index (κ1) is 23.3. The summed E-state index contributed by atoms with van der Waals surface area (Å²) in [7, 11) is 0. The van der Waals surface area contributed by atoms with Gasteiger partial charge in [-0.25, -0.2) is 5.43 Å². The SMILES string of the molecule is CCCN1c2ccc(/C=N\NC(=O)c3cc4cc(Br)cc(I)c4o3)cc2C(C)CC1(C)C. The van der Waals surface area contributed by atoms with Crippen LogP contribution >= 0.6 is 38.5 Å². The van der Waals surface area contributed by atoms with Gasteiger partial charge in [0.1, 0.15) is 5.58 Å². The minimum atomic E-state index is -0.369. The van der Waals surface area contributed by atoms with E-state index in [0.717, 1.165) is 38.4 Å². The lowest BCUT2D eigenvalue weighted by atomic mass is 9.79. The third-order valence-electron chi connectivity index (χ3n) is 6.00. The summed E-state index contributed by atoms with van der Waals surface area (Å²) in [5, 5.41) is 5.05. The Labute approximate surface area is 210 Å². The largest absolute Gasteiger partial charge is 0.450 e. The highest BCUT2D eigenvalue weighted by Crippen LogP contribution is 2.43. The topological polar surface area (TPSA) is 57.8 Å². The monoisotopic (exact) mass is 607 g/mol. The average Bonchev–Trinajstić information content (AvgIpc) is 3.15. The van der Waals surface area contributed by atoms with Crippen LogP contribution in [0.3, 0.4) is 0 Å². The Kier molecular flexibility index (Phi) is 6.68. The summed E-state index contributed by atoms with van der Waals surface area (Å²) in [6.45, 7) is 10.2. The molecule has 1 amide bonds. The van der Waals surface area contributed by atoms with Crippen molar-refractivity contribution in [3.05, 3.63) is 61.3 Å². The van der Waals surface area contributed by atoms with Crippen LogP contribution in [-0.2, 0) is 0 Å². The highest BCUT2D eigenvalue weighted by molar-refractivity contribution is 14.1. The van der Waals surface area contributed by atoms with E-state index in [4.69, 9.17) is 4.42 Å². The molecule has 1 unspecified atom stereocenters. The number of nitrogens with zero attached hydrogens (tertiary/aromatic N) is 2. The smallest absolute Gasteiger partial charge is 0.307 e. The molecule has 7 heteroatoms. The molecule has 32 heavy (non-hydrogen) atoms. The van der Waals surface area contributed by atoms with E-state index in [2.05, 4.69) is 99.8 Å². The van der Waals surface area contributed by atoms with Gasteiger partial charge in [0, 0.05) is 27.6 Å². The van der Waals surface area contributed by atoms with E-state index in [1.807, 2.05) is 12.1 Å². The van der Waals surface area contributed by atoms with Gasteiger partial charge in [0.05, 0.1) is 9.78 Å². The summed E-state index contributed by atoms with van der Waals surface area (Å²) in [5.74, 6) is 0.338. The number of benzene rings is 2. The molecule has 1 aliphatic rings. The fraction of sp³-hybridized carbons (Fsp3) is 0.360. The number of nitrogens with one attached hydrogen (secondary N) is 1. The molecule has 4 rings (SSSR count). The fourth-order valence-corrected chi connectivity index (χ4v) is 6.30. The Balaban J connectivity index is 1.51. The Hall–Kier alpha value is -1.87. The van der Waals surface area contributed by atoms with Gasteiger partial charge in [0.15, 0.2) is 5.76 Å². The van der Waals surface area contributed by atoms with Gasteiger partial charge in [0.25, 0.3) is 0 Å². The average molecular weight is 608 g/mol. The van der Waals surface area contributed by atoms with E-state index < -0.39 is 0 Å². The molecular formula is C25H27BrIN3O2. The van der Waals surface area contributed by atoms with E-state index in [-0.39, 0.29) is 17.2 Å². The molecule has 0 saturated heterocycles. The Morgan fingerprint density at radius 2 is 2.12 bits per heavy atom. The molecule has 168 valence electrons. The lowest BCUT2D eigenvalue weighted by molar-refractivity contribution is 0.0929. The number of hydrogen-bond acceptors (Lipinski definition) is 4. The van der Waals surface area contributed by atoms with Crippen LogP contribution < -0.4 is 10.3 Å². The molecule has 3 aromatic rings. The molecule has 1 N–H and O–H groups in total. The first-order chi connectivity index (χ1) is 15.2. The Morgan fingerprint density at radius 1 is 1.34 bits per heavy atom. The molecule has 5 nitrogen and oxygen atoms in total. The first-order valence-electron chi connectivity index (χ1n) is 10.8. The van der Waals surface area contributed by atoms with Crippen molar-refractivity contribution in [3.8, 4) is 0 Å². The van der Waals surface area contributed by atoms with Crippen molar-refractivity contribution in [1.82, 2.24) is 5.43 Å². The van der Waals surface area contributed by atoms with Crippen molar-refractivity contribution < 1.29 is 9.21 Å². The summed E-state index contributed by atoms with van der Waals surface area (Å²) >= 11 is 5.67. The van der Waals surface area contributed by atoms with E-state index in [1.54, 1.807) is 12.3 Å². The van der Waals surface area contributed by atoms with Crippen LogP contribution in [0.4, 0.5) is 5.69 Å². The van der Waals surface area contributed by atoms with Crippen LogP contribution in [0.15, 0.2) is 50.4 Å². The number of hydrogen-bond donors (Lipinski definition) is 1. The Bertz CT molecular complexity index is 1200. The van der Waals surface area contributed by atoms with Gasteiger partial charge in [-0.3, -0.25) is 4.79 Å². The van der Waals surface area contributed by atoms with Crippen LogP contribution in [0.5, 0.6) is 0 Å². The maximum Gasteiger partial charge on any atom is 0.307 e. The maximum absolute atomic E-state index is 12.5. The van der Waals surface area contributed by atoms with Crippen molar-refractivity contribution in [2.75, 3.05) is 11.4 Å². The standard InChI is InChI=1S/C25H27BrIN3O2/c1-5-8-30-21-7-6-16(9-19(21)15(2)13-25(30,3)4)14-28-29-24(31)22-11-17-10-18(26)12-20(27)23(17)32-22/h6-7,9-12,14-15H,5,8,13H2,1-4H3,(H,29,31)/b28-14-. The van der Waals surface area contributed by atoms with Crippen molar-refractivity contribution in [3.63, 3.8) is 0 Å². The fourth-order valence-electron chi connectivity index (χ4n) is 4.64. The van der Waals surface area contributed by atoms with Gasteiger partial charge < -0.3 is 9.32 Å². The second kappa shape index (κ2) is 9.17. The predicted molar refractivity (Wildman–Crippen MR) is 143 cm³/mol. The molecule has 0 aliphatic carbocycles.